The van der Waals surface area contributed by atoms with Gasteiger partial charge in [0.05, 0.1) is 12.2 Å². The van der Waals surface area contributed by atoms with Crippen LogP contribution in [0.5, 0.6) is 0 Å². The lowest BCUT2D eigenvalue weighted by Crippen LogP contribution is -2.28. The summed E-state index contributed by atoms with van der Waals surface area (Å²) in [6.07, 6.45) is 4.74. The number of likely N-dealkylation sites (N-methyl/N-ethyl adjacent to an activating group) is 1. The summed E-state index contributed by atoms with van der Waals surface area (Å²) in [4.78, 5) is 2.15. The topological polar surface area (TPSA) is 59.6 Å². The predicted molar refractivity (Wildman–Crippen MR) is 102 cm³/mol. The summed E-state index contributed by atoms with van der Waals surface area (Å²) in [5.74, 6) is 1.78. The van der Waals surface area contributed by atoms with Gasteiger partial charge in [-0.05, 0) is 32.3 Å². The number of hydrogen-bond acceptors (Lipinski definition) is 5. The number of aryl methyl sites for hydroxylation is 2. The van der Waals surface area contributed by atoms with E-state index in [2.05, 4.69) is 47.4 Å². The first-order chi connectivity index (χ1) is 13.1. The maximum absolute atomic E-state index is 6.12. The molecule has 1 aliphatic heterocycles. The average Bonchev–Trinajstić information content (AvgIpc) is 3.58. The molecule has 1 aromatic carbocycles. The molecule has 27 heavy (non-hydrogen) atoms. The van der Waals surface area contributed by atoms with Crippen LogP contribution < -0.4 is 4.90 Å². The second-order valence-corrected chi connectivity index (χ2v) is 7.75. The largest absolute Gasteiger partial charge is 0.361 e. The summed E-state index contributed by atoms with van der Waals surface area (Å²) in [7, 11) is 2.06. The SMILES string of the molecule is Cc1noc(C)c1Cn1ccc(N(C)C2OC2C2(c3ccccc3)CC2)n1. The van der Waals surface area contributed by atoms with Gasteiger partial charge >= 0.3 is 0 Å². The minimum Gasteiger partial charge on any atom is -0.361 e. The van der Waals surface area contributed by atoms with Crippen molar-refractivity contribution in [2.75, 3.05) is 11.9 Å². The number of benzene rings is 1. The molecule has 6 nitrogen and oxygen atoms in total. The number of epoxide rings is 1. The molecule has 2 aliphatic rings. The Hall–Kier alpha value is -2.60. The molecule has 3 heterocycles. The standard InChI is InChI=1S/C21H24N4O2/c1-14-17(15(2)27-23-14)13-25-12-9-18(22-25)24(3)20-19(26-20)21(10-11-21)16-7-5-4-6-8-16/h4-9,12,19-20H,10-11,13H2,1-3H3. The third-order valence-corrected chi connectivity index (χ3v) is 6.02. The zero-order valence-corrected chi connectivity index (χ0v) is 15.9. The van der Waals surface area contributed by atoms with Gasteiger partial charge in [0.2, 0.25) is 0 Å². The molecule has 0 radical (unpaired) electrons. The van der Waals surface area contributed by atoms with Crippen molar-refractivity contribution < 1.29 is 9.26 Å². The van der Waals surface area contributed by atoms with Crippen LogP contribution in [-0.4, -0.2) is 34.3 Å². The van der Waals surface area contributed by atoms with Gasteiger partial charge in [0.15, 0.2) is 12.0 Å². The molecule has 2 aromatic heterocycles. The zero-order chi connectivity index (χ0) is 18.6. The van der Waals surface area contributed by atoms with E-state index in [1.165, 1.54) is 18.4 Å². The highest BCUT2D eigenvalue weighted by molar-refractivity contribution is 5.43. The number of ether oxygens (including phenoxy) is 1. The van der Waals surface area contributed by atoms with E-state index in [0.29, 0.717) is 6.54 Å². The smallest absolute Gasteiger partial charge is 0.159 e. The van der Waals surface area contributed by atoms with Crippen molar-refractivity contribution in [1.82, 2.24) is 14.9 Å². The first-order valence-corrected chi connectivity index (χ1v) is 9.47. The van der Waals surface area contributed by atoms with Crippen molar-refractivity contribution in [1.29, 1.82) is 0 Å². The van der Waals surface area contributed by atoms with E-state index in [4.69, 9.17) is 14.4 Å². The Morgan fingerprint density at radius 2 is 1.96 bits per heavy atom. The molecule has 3 aromatic rings. The Morgan fingerprint density at radius 3 is 2.63 bits per heavy atom. The van der Waals surface area contributed by atoms with Gasteiger partial charge in [0, 0.05) is 30.3 Å². The van der Waals surface area contributed by atoms with Crippen LogP contribution in [0.4, 0.5) is 5.82 Å². The summed E-state index contributed by atoms with van der Waals surface area (Å²) in [5, 5.41) is 8.75. The van der Waals surface area contributed by atoms with Crippen LogP contribution in [-0.2, 0) is 16.7 Å². The average molecular weight is 364 g/mol. The first kappa shape index (κ1) is 16.6. The highest BCUT2D eigenvalue weighted by atomic mass is 16.6. The van der Waals surface area contributed by atoms with Crippen molar-refractivity contribution >= 4 is 5.82 Å². The quantitative estimate of drug-likeness (QED) is 0.627. The van der Waals surface area contributed by atoms with Crippen molar-refractivity contribution in [2.45, 2.75) is 51.0 Å². The van der Waals surface area contributed by atoms with Crippen molar-refractivity contribution in [3.05, 3.63) is 65.2 Å². The first-order valence-electron chi connectivity index (χ1n) is 9.47. The van der Waals surface area contributed by atoms with E-state index in [0.717, 1.165) is 22.8 Å². The molecule has 0 N–H and O–H groups in total. The van der Waals surface area contributed by atoms with Crippen LogP contribution in [0.1, 0.15) is 35.4 Å². The predicted octanol–water partition coefficient (Wildman–Crippen LogP) is 3.43. The van der Waals surface area contributed by atoms with E-state index in [9.17, 15) is 0 Å². The molecule has 2 unspecified atom stereocenters. The minimum atomic E-state index is 0.0927. The maximum atomic E-state index is 6.12. The van der Waals surface area contributed by atoms with E-state index >= 15 is 0 Å². The number of anilines is 1. The maximum Gasteiger partial charge on any atom is 0.159 e. The van der Waals surface area contributed by atoms with Crippen LogP contribution >= 0.6 is 0 Å². The van der Waals surface area contributed by atoms with Crippen LogP contribution in [0.15, 0.2) is 47.1 Å². The molecule has 0 spiro atoms. The molecule has 5 rings (SSSR count). The molecule has 0 bridgehead atoms. The molecule has 2 fully saturated rings. The third kappa shape index (κ3) is 2.75. The number of hydrogen-bond donors (Lipinski definition) is 0. The summed E-state index contributed by atoms with van der Waals surface area (Å²) >= 11 is 0. The number of aromatic nitrogens is 3. The fourth-order valence-corrected chi connectivity index (χ4v) is 4.09. The Bertz CT molecular complexity index is 938. The summed E-state index contributed by atoms with van der Waals surface area (Å²) in [5.41, 5.74) is 3.60. The molecule has 6 heteroatoms. The van der Waals surface area contributed by atoms with Gasteiger partial charge in [-0.15, -0.1) is 0 Å². The Labute approximate surface area is 158 Å². The summed E-state index contributed by atoms with van der Waals surface area (Å²) in [6, 6.07) is 12.8. The van der Waals surface area contributed by atoms with Gasteiger partial charge < -0.3 is 14.2 Å². The van der Waals surface area contributed by atoms with Gasteiger partial charge in [-0.1, -0.05) is 35.5 Å². The molecule has 2 atom stereocenters. The van der Waals surface area contributed by atoms with E-state index in [1.54, 1.807) is 0 Å². The second-order valence-electron chi connectivity index (χ2n) is 7.75. The molecular weight excluding hydrogens is 340 g/mol. The summed E-state index contributed by atoms with van der Waals surface area (Å²) in [6.45, 7) is 4.56. The van der Waals surface area contributed by atoms with Crippen molar-refractivity contribution in [3.8, 4) is 0 Å². The highest BCUT2D eigenvalue weighted by Crippen LogP contribution is 2.58. The van der Waals surface area contributed by atoms with Gasteiger partial charge in [-0.2, -0.15) is 5.10 Å². The van der Waals surface area contributed by atoms with Crippen molar-refractivity contribution in [2.24, 2.45) is 0 Å². The van der Waals surface area contributed by atoms with Crippen LogP contribution in [0.2, 0.25) is 0 Å². The number of rotatable bonds is 6. The van der Waals surface area contributed by atoms with Gasteiger partial charge in [0.25, 0.3) is 0 Å². The highest BCUT2D eigenvalue weighted by Gasteiger charge is 2.63. The molecule has 0 amide bonds. The lowest BCUT2D eigenvalue weighted by molar-refractivity contribution is 0.339. The summed E-state index contributed by atoms with van der Waals surface area (Å²) < 4.78 is 13.3. The lowest BCUT2D eigenvalue weighted by Gasteiger charge is -2.17. The normalized spacial score (nSPS) is 22.6. The van der Waals surface area contributed by atoms with E-state index < -0.39 is 0 Å². The Kier molecular flexibility index (Phi) is 3.65. The van der Waals surface area contributed by atoms with E-state index in [1.807, 2.05) is 30.8 Å². The molecule has 140 valence electrons. The number of nitrogens with zero attached hydrogens (tertiary/aromatic N) is 4. The van der Waals surface area contributed by atoms with Gasteiger partial charge in [-0.3, -0.25) is 4.68 Å². The van der Waals surface area contributed by atoms with Crippen molar-refractivity contribution in [3.63, 3.8) is 0 Å². The fraction of sp³-hybridized carbons (Fsp3) is 0.429. The monoisotopic (exact) mass is 364 g/mol. The van der Waals surface area contributed by atoms with Crippen LogP contribution in [0.3, 0.4) is 0 Å². The Balaban J connectivity index is 1.29. The minimum absolute atomic E-state index is 0.0927. The molecular formula is C21H24N4O2. The van der Waals surface area contributed by atoms with Gasteiger partial charge in [-0.25, -0.2) is 0 Å². The van der Waals surface area contributed by atoms with E-state index in [-0.39, 0.29) is 17.7 Å². The second kappa shape index (κ2) is 5.96. The Morgan fingerprint density at radius 1 is 1.19 bits per heavy atom. The molecule has 1 saturated carbocycles. The fourth-order valence-electron chi connectivity index (χ4n) is 4.09. The lowest BCUT2D eigenvalue weighted by atomic mass is 9.92. The van der Waals surface area contributed by atoms with Gasteiger partial charge in [0.1, 0.15) is 11.9 Å². The molecule has 1 aliphatic carbocycles. The zero-order valence-electron chi connectivity index (χ0n) is 15.9. The van der Waals surface area contributed by atoms with Crippen LogP contribution in [0, 0.1) is 13.8 Å². The van der Waals surface area contributed by atoms with Crippen LogP contribution in [0.25, 0.3) is 0 Å². The third-order valence-electron chi connectivity index (χ3n) is 6.02. The molecule has 1 saturated heterocycles.